The van der Waals surface area contributed by atoms with E-state index in [-0.39, 0.29) is 34.5 Å². The molecule has 4 N–H and O–H groups in total. The molecule has 0 bridgehead atoms. The van der Waals surface area contributed by atoms with Gasteiger partial charge in [0.05, 0.1) is 36.0 Å². The van der Waals surface area contributed by atoms with Gasteiger partial charge in [0.2, 0.25) is 11.8 Å². The summed E-state index contributed by atoms with van der Waals surface area (Å²) in [6.45, 7) is 1.74. The third-order valence-electron chi connectivity index (χ3n) is 16.4. The van der Waals surface area contributed by atoms with Gasteiger partial charge in [0.15, 0.2) is 28.9 Å². The Labute approximate surface area is 564 Å². The summed E-state index contributed by atoms with van der Waals surface area (Å²) in [4.78, 5) is 21.1. The normalized spacial score (nSPS) is 13.1. The first kappa shape index (κ1) is 65.4. The van der Waals surface area contributed by atoms with Crippen molar-refractivity contribution >= 4 is 46.8 Å². The molecule has 99 heavy (non-hydrogen) atoms. The van der Waals surface area contributed by atoms with Crippen molar-refractivity contribution in [3.63, 3.8) is 0 Å². The van der Waals surface area contributed by atoms with Crippen LogP contribution in [0.2, 0.25) is 0 Å². The molecular formula is C75H63F4N13O7. The van der Waals surface area contributed by atoms with E-state index in [0.29, 0.717) is 70.3 Å². The molecule has 2 saturated carbocycles. The molecule has 0 saturated heterocycles. The molecule has 498 valence electrons. The topological polar surface area (TPSA) is 240 Å². The van der Waals surface area contributed by atoms with Crippen molar-refractivity contribution in [2.24, 2.45) is 7.05 Å². The minimum atomic E-state index is -0.299. The lowest BCUT2D eigenvalue weighted by Crippen LogP contribution is -2.35. The third-order valence-corrected chi connectivity index (χ3v) is 16.4. The molecule has 2 fully saturated rings. The zero-order valence-electron chi connectivity index (χ0n) is 53.8. The highest BCUT2D eigenvalue weighted by molar-refractivity contribution is 5.69. The highest BCUT2D eigenvalue weighted by atomic mass is 19.1. The van der Waals surface area contributed by atoms with Crippen LogP contribution < -0.4 is 21.3 Å². The smallest absolute Gasteiger partial charge is 0.299 e. The number of oxazole rings is 4. The average Bonchev–Trinajstić information content (AvgIpc) is 1.77. The number of hydrogen-bond donors (Lipinski definition) is 4. The molecule has 0 unspecified atom stereocenters. The largest absolute Gasteiger partial charge is 0.423 e. The standard InChI is InChI=1S/C20H19FN2O2.C19H17FN2O2.C18H14FN5O.C18H13FN4O2/c1-24-20(10-3-11-20)15-5-2-4-14(12-15)18-13-22-19(25-18)23-17-8-6-16(21)7-9-17;1-23-19(9-10-19)14-4-2-3-13(11-14)17-12-21-18(24-17)22-16-7-5-15(20)6-8-16;1-24-17(21-11-22-24)13-4-2-3-12(9-13)16-10-20-18(25-16)23-15-7-5-14(19)6-8-15;1-11-22-23-17(24-11)13-4-2-3-12(9-13)16-10-20-18(25-16)21-15-7-5-14(19)6-8-15/h2,4-9,12-13H,3,10-11H2,1H3,(H,22,23);2-8,11-12H,9-10H2,1H3,(H,21,22);2-11H,1H3,(H,20,23);2-10H,1H3,(H,20,21). The highest BCUT2D eigenvalue weighted by Crippen LogP contribution is 2.49. The van der Waals surface area contributed by atoms with E-state index in [1.165, 1.54) is 66.8 Å². The van der Waals surface area contributed by atoms with Crippen molar-refractivity contribution in [3.05, 3.63) is 266 Å². The van der Waals surface area contributed by atoms with Gasteiger partial charge in [0.25, 0.3) is 24.1 Å². The number of aryl methyl sites for hydroxylation is 2. The lowest BCUT2D eigenvalue weighted by molar-refractivity contribution is -0.0778. The van der Waals surface area contributed by atoms with Gasteiger partial charge in [0, 0.05) is 84.3 Å². The molecule has 0 radical (unpaired) electrons. The Balaban J connectivity index is 0.000000119. The lowest BCUT2D eigenvalue weighted by Gasteiger charge is -2.41. The van der Waals surface area contributed by atoms with Gasteiger partial charge in [0.1, 0.15) is 29.6 Å². The summed E-state index contributed by atoms with van der Waals surface area (Å²) >= 11 is 0. The van der Waals surface area contributed by atoms with Gasteiger partial charge < -0.3 is 52.8 Å². The average molecular weight is 1330 g/mol. The molecular weight excluding hydrogens is 1270 g/mol. The molecule has 6 heterocycles. The van der Waals surface area contributed by atoms with Gasteiger partial charge in [-0.3, -0.25) is 0 Å². The van der Waals surface area contributed by atoms with E-state index < -0.39 is 0 Å². The summed E-state index contributed by atoms with van der Waals surface area (Å²) in [5.41, 5.74) is 10.2. The van der Waals surface area contributed by atoms with Crippen molar-refractivity contribution < 1.29 is 49.1 Å². The predicted molar refractivity (Wildman–Crippen MR) is 365 cm³/mol. The number of benzene rings is 8. The van der Waals surface area contributed by atoms with Crippen molar-refractivity contribution in [1.82, 2.24) is 44.9 Å². The fourth-order valence-electron chi connectivity index (χ4n) is 10.8. The van der Waals surface area contributed by atoms with Gasteiger partial charge in [-0.15, -0.1) is 10.2 Å². The number of methoxy groups -OCH3 is 2. The Hall–Kier alpha value is -12.3. The molecule has 0 amide bonds. The Morgan fingerprint density at radius 3 is 1.06 bits per heavy atom. The van der Waals surface area contributed by atoms with Crippen LogP contribution in [0.4, 0.5) is 64.4 Å². The molecule has 0 atom stereocenters. The second-order valence-electron chi connectivity index (χ2n) is 23.1. The van der Waals surface area contributed by atoms with Crippen molar-refractivity contribution in [3.8, 4) is 68.1 Å². The maximum absolute atomic E-state index is 13.0. The molecule has 0 spiro atoms. The number of anilines is 8. The van der Waals surface area contributed by atoms with Crippen LogP contribution in [-0.4, -0.2) is 59.1 Å². The van der Waals surface area contributed by atoms with Gasteiger partial charge >= 0.3 is 0 Å². The summed E-state index contributed by atoms with van der Waals surface area (Å²) in [5, 5.41) is 24.0. The van der Waals surface area contributed by atoms with E-state index in [4.69, 9.17) is 31.6 Å². The number of hydrogen-bond acceptors (Lipinski definition) is 19. The summed E-state index contributed by atoms with van der Waals surface area (Å²) in [6, 6.07) is 57.1. The Bertz CT molecular complexity index is 4980. The zero-order valence-corrected chi connectivity index (χ0v) is 53.8. The molecule has 14 aromatic rings. The number of rotatable bonds is 18. The van der Waals surface area contributed by atoms with E-state index in [1.54, 1.807) is 99.1 Å². The molecule has 6 aromatic heterocycles. The van der Waals surface area contributed by atoms with Crippen LogP contribution in [0.3, 0.4) is 0 Å². The van der Waals surface area contributed by atoms with E-state index >= 15 is 0 Å². The number of nitrogens with zero attached hydrogens (tertiary/aromatic N) is 9. The van der Waals surface area contributed by atoms with E-state index in [9.17, 15) is 17.6 Å². The van der Waals surface area contributed by atoms with Crippen LogP contribution in [-0.2, 0) is 27.7 Å². The van der Waals surface area contributed by atoms with E-state index in [2.05, 4.69) is 85.7 Å². The summed E-state index contributed by atoms with van der Waals surface area (Å²) in [6.07, 6.45) is 13.5. The molecule has 24 heteroatoms. The summed E-state index contributed by atoms with van der Waals surface area (Å²) in [7, 11) is 5.36. The van der Waals surface area contributed by atoms with Crippen LogP contribution in [0, 0.1) is 30.2 Å². The van der Waals surface area contributed by atoms with Crippen LogP contribution in [0.25, 0.3) is 68.1 Å². The summed E-state index contributed by atoms with van der Waals surface area (Å²) < 4.78 is 93.4. The van der Waals surface area contributed by atoms with E-state index in [0.717, 1.165) is 81.8 Å². The van der Waals surface area contributed by atoms with Gasteiger partial charge in [-0.1, -0.05) is 66.7 Å². The number of ether oxygens (including phenoxy) is 2. The van der Waals surface area contributed by atoms with Crippen molar-refractivity contribution in [2.45, 2.75) is 50.2 Å². The quantitative estimate of drug-likeness (QED) is 0.0584. The number of nitrogens with one attached hydrogen (secondary N) is 4. The lowest BCUT2D eigenvalue weighted by atomic mass is 9.74. The van der Waals surface area contributed by atoms with Crippen LogP contribution in [0.15, 0.2) is 247 Å². The monoisotopic (exact) mass is 1330 g/mol. The first-order chi connectivity index (χ1) is 48.2. The predicted octanol–water partition coefficient (Wildman–Crippen LogP) is 18.7. The second kappa shape index (κ2) is 29.4. The molecule has 8 aromatic carbocycles. The molecule has 16 rings (SSSR count). The molecule has 2 aliphatic carbocycles. The molecule has 2 aliphatic rings. The van der Waals surface area contributed by atoms with Crippen molar-refractivity contribution in [1.29, 1.82) is 0 Å². The van der Waals surface area contributed by atoms with Gasteiger partial charge in [-0.05, 0) is 171 Å². The third kappa shape index (κ3) is 16.0. The zero-order chi connectivity index (χ0) is 68.3. The minimum Gasteiger partial charge on any atom is -0.423 e. The van der Waals surface area contributed by atoms with Gasteiger partial charge in [-0.2, -0.15) is 5.10 Å². The second-order valence-corrected chi connectivity index (χ2v) is 23.1. The van der Waals surface area contributed by atoms with Crippen LogP contribution in [0.1, 0.15) is 49.1 Å². The van der Waals surface area contributed by atoms with E-state index in [1.807, 2.05) is 79.8 Å². The molecule has 0 aliphatic heterocycles. The molecule has 20 nitrogen and oxygen atoms in total. The fourth-order valence-corrected chi connectivity index (χ4v) is 10.8. The van der Waals surface area contributed by atoms with Crippen LogP contribution in [0.5, 0.6) is 0 Å². The number of aromatic nitrogens is 9. The summed E-state index contributed by atoms with van der Waals surface area (Å²) in [5.74, 6) is 3.13. The maximum atomic E-state index is 13.0. The number of halogens is 4. The SMILES string of the molecule is COC1(c2cccc(-c3cnc(Nc4ccc(F)cc4)o3)c2)CC1.COC1(c2cccc(-c3cnc(Nc4ccc(F)cc4)o3)c2)CCC1.Cc1nnc(-c2cccc(-c3cnc(Nc4ccc(F)cc4)o3)c2)o1.Cn1ncnc1-c1cccc(-c2cnc(Nc3ccc(F)cc3)o2)c1. The first-order valence-electron chi connectivity index (χ1n) is 31.3. The Morgan fingerprint density at radius 1 is 0.394 bits per heavy atom. The highest BCUT2D eigenvalue weighted by Gasteiger charge is 2.45. The van der Waals surface area contributed by atoms with Crippen LogP contribution >= 0.6 is 0 Å². The Morgan fingerprint density at radius 2 is 0.737 bits per heavy atom. The Kier molecular flexibility index (Phi) is 19.4. The fraction of sp³-hybridized carbons (Fsp3) is 0.147. The van der Waals surface area contributed by atoms with Crippen molar-refractivity contribution in [2.75, 3.05) is 35.5 Å². The maximum Gasteiger partial charge on any atom is 0.299 e. The minimum absolute atomic E-state index is 0.134. The first-order valence-corrected chi connectivity index (χ1v) is 31.3. The van der Waals surface area contributed by atoms with Gasteiger partial charge in [-0.25, -0.2) is 47.2 Å².